The molecule has 594 valence electrons. The van der Waals surface area contributed by atoms with Gasteiger partial charge in [0.25, 0.3) is 5.91 Å². The Labute approximate surface area is 640 Å². The number of rotatable bonds is 10. The summed E-state index contributed by atoms with van der Waals surface area (Å²) < 4.78 is 0. The Morgan fingerprint density at radius 3 is 0.766 bits per heavy atom. The van der Waals surface area contributed by atoms with Crippen molar-refractivity contribution in [2.45, 2.75) is 66.7 Å². The Morgan fingerprint density at radius 1 is 0.336 bits per heavy atom. The lowest BCUT2D eigenvalue weighted by molar-refractivity contribution is -0.126. The van der Waals surface area contributed by atoms with Gasteiger partial charge in [-0.2, -0.15) is 0 Å². The molecule has 27 nitrogen and oxygen atoms in total. The summed E-state index contributed by atoms with van der Waals surface area (Å²) >= 11 is 0. The summed E-state index contributed by atoms with van der Waals surface area (Å²) in [7, 11) is 31.6. The molecule has 107 heavy (non-hydrogen) atoms. The molecular weight excluding hydrogens is 1360 g/mol. The number of benzene rings is 5. The molecule has 0 bridgehead atoms. The van der Waals surface area contributed by atoms with Gasteiger partial charge in [0.2, 0.25) is 12.3 Å². The lowest BCUT2D eigenvalue weighted by atomic mass is 10.2. The monoisotopic (exact) mass is 1490 g/mol. The van der Waals surface area contributed by atoms with Gasteiger partial charge in [-0.1, -0.05) is 91.0 Å². The number of urea groups is 7. The van der Waals surface area contributed by atoms with Crippen molar-refractivity contribution in [3.05, 3.63) is 157 Å². The van der Waals surface area contributed by atoms with Gasteiger partial charge < -0.3 is 63.7 Å². The van der Waals surface area contributed by atoms with Crippen LogP contribution in [-0.4, -0.2) is 330 Å². The molecule has 0 aromatic heterocycles. The molecule has 4 fully saturated rings. The van der Waals surface area contributed by atoms with Gasteiger partial charge in [0.15, 0.2) is 0 Å². The molecule has 0 aliphatic carbocycles. The maximum atomic E-state index is 12.3. The third-order valence-electron chi connectivity index (χ3n) is 16.6. The number of hydrogen-bond donors (Lipinski definition) is 0. The highest BCUT2D eigenvalue weighted by atomic mass is 16.2. The summed E-state index contributed by atoms with van der Waals surface area (Å²) in [6.07, 6.45) is 6.62. The molecule has 4 aliphatic rings. The maximum Gasteiger partial charge on any atom is 0.328 e. The van der Waals surface area contributed by atoms with Crippen LogP contribution in [0.25, 0.3) is 0 Å². The first-order chi connectivity index (χ1) is 50.6. The van der Waals surface area contributed by atoms with Crippen molar-refractivity contribution in [1.82, 2.24) is 63.7 Å². The Bertz CT molecular complexity index is 3030. The minimum absolute atomic E-state index is 0.0185. The number of nitrogens with zero attached hydrogens (tertiary/aromatic N) is 17. The molecule has 4 aliphatic heterocycles. The Balaban J connectivity index is 0.00000119. The highest BCUT2D eigenvalue weighted by Crippen LogP contribution is 2.20. The Kier molecular flexibility index (Phi) is 48.7. The number of carbonyl (C=O) groups is 10. The Hall–Kier alpha value is -10.6. The molecule has 0 radical (unpaired) electrons. The van der Waals surface area contributed by atoms with Crippen molar-refractivity contribution < 1.29 is 47.9 Å². The van der Waals surface area contributed by atoms with Crippen molar-refractivity contribution in [2.75, 3.05) is 225 Å². The van der Waals surface area contributed by atoms with Crippen molar-refractivity contribution in [1.29, 1.82) is 0 Å². The van der Waals surface area contributed by atoms with Crippen molar-refractivity contribution >= 4 is 83.2 Å². The lowest BCUT2D eigenvalue weighted by Gasteiger charge is -2.30. The van der Waals surface area contributed by atoms with Gasteiger partial charge in [0.1, 0.15) is 0 Å². The number of para-hydroxylation sites is 4. The van der Waals surface area contributed by atoms with E-state index >= 15 is 0 Å². The largest absolute Gasteiger partial charge is 0.351 e. The topological polar surface area (TPSA) is 226 Å². The van der Waals surface area contributed by atoms with Crippen molar-refractivity contribution in [2.24, 2.45) is 0 Å². The zero-order valence-corrected chi connectivity index (χ0v) is 68.7. The van der Waals surface area contributed by atoms with E-state index in [1.54, 1.807) is 143 Å². The smallest absolute Gasteiger partial charge is 0.328 e. The summed E-state index contributed by atoms with van der Waals surface area (Å²) in [6.45, 7) is 20.2. The molecule has 5 aromatic carbocycles. The number of hydrogen-bond acceptors (Lipinski definition) is 10. The molecule has 27 heteroatoms. The molecule has 4 heterocycles. The zero-order chi connectivity index (χ0) is 81.3. The SMILES string of the molecule is CC(=O)N(C)C.CCN(CC)C(=O)N(CC)CC.CN(C(=O)N(C)c1ccccc1)c1ccccc1.CN(C(=O)N(C)c1ccccc1)c1ccccc1.CN(C)C(=O)N(C)C.CN(C)C(=O)c1ccccc1.CN(C)C=O.CN1CCCN(C)C1=O.CN1CCN(C)C1=O.O=C(N1CCCC1)N1CCCC1. The molecule has 5 aromatic rings. The van der Waals surface area contributed by atoms with E-state index in [1.165, 1.54) is 52.2 Å². The van der Waals surface area contributed by atoms with Crippen molar-refractivity contribution in [3.63, 3.8) is 0 Å². The summed E-state index contributed by atoms with van der Waals surface area (Å²) in [5.74, 6) is 0.139. The van der Waals surface area contributed by atoms with Crippen LogP contribution < -0.4 is 19.6 Å². The summed E-state index contributed by atoms with van der Waals surface area (Å²) in [5.41, 5.74) is 4.25. The van der Waals surface area contributed by atoms with Crippen molar-refractivity contribution in [3.8, 4) is 0 Å². The van der Waals surface area contributed by atoms with Crippen LogP contribution in [0.4, 0.5) is 56.3 Å². The van der Waals surface area contributed by atoms with Gasteiger partial charge in [-0.3, -0.25) is 34.0 Å². The molecule has 0 N–H and O–H groups in total. The first kappa shape index (κ1) is 96.4. The third kappa shape index (κ3) is 37.8. The zero-order valence-electron chi connectivity index (χ0n) is 68.7. The predicted molar refractivity (Wildman–Crippen MR) is 436 cm³/mol. The first-order valence-electron chi connectivity index (χ1n) is 36.3. The molecule has 0 spiro atoms. The van der Waals surface area contributed by atoms with Gasteiger partial charge in [0, 0.05) is 241 Å². The number of likely N-dealkylation sites (N-methyl/N-ethyl adjacent to an activating group) is 2. The molecule has 0 unspecified atom stereocenters. The van der Waals surface area contributed by atoms with Crippen LogP contribution in [0.2, 0.25) is 0 Å². The van der Waals surface area contributed by atoms with Gasteiger partial charge >= 0.3 is 42.2 Å². The summed E-state index contributed by atoms with van der Waals surface area (Å²) in [5, 5.41) is 0. The summed E-state index contributed by atoms with van der Waals surface area (Å²) in [4.78, 5) is 140. The van der Waals surface area contributed by atoms with E-state index in [4.69, 9.17) is 0 Å². The highest BCUT2D eigenvalue weighted by Gasteiger charge is 2.26. The average Bonchev–Trinajstić information content (AvgIpc) is 1.65. The average molecular weight is 1490 g/mol. The number of carbonyl (C=O) groups excluding carboxylic acids is 10. The number of anilines is 4. The molecule has 0 saturated carbocycles. The molecular formula is C80H129N17O10. The number of likely N-dealkylation sites (tertiary alicyclic amines) is 2. The fourth-order valence-corrected chi connectivity index (χ4v) is 9.75. The van der Waals surface area contributed by atoms with Gasteiger partial charge in [-0.15, -0.1) is 0 Å². The van der Waals surface area contributed by atoms with E-state index < -0.39 is 0 Å². The second-order valence-electron chi connectivity index (χ2n) is 26.2. The van der Waals surface area contributed by atoms with Crippen LogP contribution in [0.15, 0.2) is 152 Å². The molecule has 4 saturated heterocycles. The van der Waals surface area contributed by atoms with Crippen LogP contribution in [0.3, 0.4) is 0 Å². The minimum Gasteiger partial charge on any atom is -0.351 e. The molecule has 0 atom stereocenters. The van der Waals surface area contributed by atoms with Crippen LogP contribution in [0.5, 0.6) is 0 Å². The van der Waals surface area contributed by atoms with Crippen LogP contribution in [0.1, 0.15) is 77.1 Å². The van der Waals surface area contributed by atoms with E-state index in [2.05, 4.69) is 0 Å². The lowest BCUT2D eigenvalue weighted by Crippen LogP contribution is -2.44. The number of amides is 17. The Morgan fingerprint density at radius 2 is 0.579 bits per heavy atom. The fourth-order valence-electron chi connectivity index (χ4n) is 9.75. The normalized spacial score (nSPS) is 12.7. The first-order valence-corrected chi connectivity index (χ1v) is 36.3. The van der Waals surface area contributed by atoms with Crippen LogP contribution in [0, 0.1) is 0 Å². The molecule has 17 amide bonds. The maximum absolute atomic E-state index is 12.3. The third-order valence-corrected chi connectivity index (χ3v) is 16.6. The van der Waals surface area contributed by atoms with E-state index in [0.717, 1.165) is 120 Å². The van der Waals surface area contributed by atoms with E-state index in [1.807, 2.05) is 227 Å². The highest BCUT2D eigenvalue weighted by molar-refractivity contribution is 6.03. The van der Waals surface area contributed by atoms with Crippen LogP contribution in [-0.2, 0) is 9.59 Å². The second-order valence-corrected chi connectivity index (χ2v) is 26.2. The molecule has 9 rings (SSSR count). The van der Waals surface area contributed by atoms with E-state index in [0.29, 0.717) is 0 Å². The van der Waals surface area contributed by atoms with E-state index in [-0.39, 0.29) is 54.0 Å². The minimum atomic E-state index is -0.0626. The van der Waals surface area contributed by atoms with E-state index in [9.17, 15) is 47.9 Å². The van der Waals surface area contributed by atoms with Gasteiger partial charge in [-0.25, -0.2) is 33.6 Å². The standard InChI is InChI=1S/2C15H16N2O.C9H16N2O.C9H20N2O.C9H11NO.C6H12N2O.C5H10N2O.C5H12N2O.C4H9NO.C3H7NO/c2*1-16(13-9-5-3-6-10-13)15(18)17(2)14-11-7-4-8-12-14;12-9(10-5-1-2-6-10)11-7-3-4-8-11;1-5-10(6-2)9(12)11(7-3)8-4;1-10(2)9(11)8-6-4-3-5-7-8;1-7-4-3-5-8(2)6(7)9;1-6-3-4-7(2)5(6)8;1-6(2)5(8)7(3)4;1-4(6)5(2)3;1-4(2)3-5/h2*3-12H,1-2H3;1-8H2;5-8H2,1-4H3;3-7H,1-2H3;3-5H2,1-2H3;3-4H2,1-2H3;1-4H3;1-3H3;3H,1-2H3. The second kappa shape index (κ2) is 54.1. The van der Waals surface area contributed by atoms with Gasteiger partial charge in [0.05, 0.1) is 0 Å². The van der Waals surface area contributed by atoms with Crippen LogP contribution >= 0.6 is 0 Å². The quantitative estimate of drug-likeness (QED) is 0.120. The predicted octanol–water partition coefficient (Wildman–Crippen LogP) is 11.6. The fraction of sp³-hybridized carbons (Fsp3) is 0.500. The summed E-state index contributed by atoms with van der Waals surface area (Å²) in [6, 6.07) is 48.2. The van der Waals surface area contributed by atoms with Gasteiger partial charge in [-0.05, 0) is 120 Å².